The van der Waals surface area contributed by atoms with E-state index < -0.39 is 0 Å². The maximum Gasteiger partial charge on any atom is 0.341 e. The fourth-order valence-electron chi connectivity index (χ4n) is 4.56. The first-order valence-corrected chi connectivity index (χ1v) is 13.7. The molecule has 168 valence electrons. The van der Waals surface area contributed by atoms with Crippen molar-refractivity contribution in [2.24, 2.45) is 5.92 Å². The third-order valence-corrected chi connectivity index (χ3v) is 9.41. The zero-order valence-corrected chi connectivity index (χ0v) is 20.6. The molecular weight excluding hydrogens is 462 g/mol. The Bertz CT molecular complexity index is 1200. The first kappa shape index (κ1) is 21.9. The monoisotopic (exact) mass is 487 g/mol. The summed E-state index contributed by atoms with van der Waals surface area (Å²) in [7, 11) is 0. The standard InChI is InChI=1S/C23H25N3O3S3/c1-3-29-23(28)19-13-5-4-6-15(13)31-22(19)26-17(27)10-30-20-18-14-8-7-12(2)9-16(14)32-21(18)25-11-24-20/h11-12H,3-10H2,1-2H3,(H,26,27). The van der Waals surface area contributed by atoms with E-state index >= 15 is 0 Å². The number of hydrogen-bond acceptors (Lipinski definition) is 8. The SMILES string of the molecule is CCOC(=O)c1c(NC(=O)CSc2ncnc3sc4c(c23)CCC(C)C4)sc2c1CCC2. The highest BCUT2D eigenvalue weighted by Crippen LogP contribution is 2.41. The summed E-state index contributed by atoms with van der Waals surface area (Å²) in [5, 5.41) is 5.59. The van der Waals surface area contributed by atoms with E-state index in [1.807, 2.05) is 0 Å². The number of nitrogens with one attached hydrogen (secondary N) is 1. The van der Waals surface area contributed by atoms with Crippen LogP contribution in [0.5, 0.6) is 0 Å². The minimum absolute atomic E-state index is 0.134. The summed E-state index contributed by atoms with van der Waals surface area (Å²) in [6, 6.07) is 0. The number of amides is 1. The maximum absolute atomic E-state index is 12.8. The highest BCUT2D eigenvalue weighted by atomic mass is 32.2. The van der Waals surface area contributed by atoms with Crippen LogP contribution >= 0.6 is 34.4 Å². The molecule has 0 fully saturated rings. The molecule has 3 heterocycles. The first-order chi connectivity index (χ1) is 15.5. The Labute approximate surface area is 199 Å². The molecular formula is C23H25N3O3S3. The van der Waals surface area contributed by atoms with Gasteiger partial charge in [-0.1, -0.05) is 18.7 Å². The normalized spacial score (nSPS) is 17.2. The molecule has 0 saturated carbocycles. The largest absolute Gasteiger partial charge is 0.462 e. The Morgan fingerprint density at radius 3 is 2.91 bits per heavy atom. The van der Waals surface area contributed by atoms with Crippen LogP contribution in [0.15, 0.2) is 11.4 Å². The zero-order valence-electron chi connectivity index (χ0n) is 18.2. The van der Waals surface area contributed by atoms with Crippen LogP contribution in [0.3, 0.4) is 0 Å². The maximum atomic E-state index is 12.8. The van der Waals surface area contributed by atoms with Gasteiger partial charge in [0.15, 0.2) is 0 Å². The topological polar surface area (TPSA) is 81.2 Å². The summed E-state index contributed by atoms with van der Waals surface area (Å²) in [5.74, 6) is 0.459. The number of carbonyl (C=O) groups is 2. The minimum atomic E-state index is -0.341. The molecule has 3 aromatic rings. The molecule has 9 heteroatoms. The number of anilines is 1. The van der Waals surface area contributed by atoms with Gasteiger partial charge in [-0.3, -0.25) is 4.79 Å². The fraction of sp³-hybridized carbons (Fsp3) is 0.478. The Morgan fingerprint density at radius 2 is 2.06 bits per heavy atom. The second-order valence-corrected chi connectivity index (χ2v) is 11.5. The lowest BCUT2D eigenvalue weighted by Crippen LogP contribution is -2.17. The van der Waals surface area contributed by atoms with Crippen LogP contribution in [0.1, 0.15) is 57.9 Å². The molecule has 0 radical (unpaired) electrons. The summed E-state index contributed by atoms with van der Waals surface area (Å²) >= 11 is 4.72. The van der Waals surface area contributed by atoms with Gasteiger partial charge in [-0.15, -0.1) is 22.7 Å². The van der Waals surface area contributed by atoms with Gasteiger partial charge in [0, 0.05) is 15.1 Å². The van der Waals surface area contributed by atoms with Crippen molar-refractivity contribution in [1.29, 1.82) is 0 Å². The van der Waals surface area contributed by atoms with E-state index in [4.69, 9.17) is 4.74 Å². The zero-order chi connectivity index (χ0) is 22.2. The minimum Gasteiger partial charge on any atom is -0.462 e. The van der Waals surface area contributed by atoms with Gasteiger partial charge < -0.3 is 10.1 Å². The molecule has 0 aromatic carbocycles. The number of aryl methyl sites for hydroxylation is 2. The number of rotatable bonds is 6. The number of aromatic nitrogens is 2. The molecule has 0 bridgehead atoms. The van der Waals surface area contributed by atoms with Crippen molar-refractivity contribution in [3.63, 3.8) is 0 Å². The fourth-order valence-corrected chi connectivity index (χ4v) is 8.10. The molecule has 3 aromatic heterocycles. The van der Waals surface area contributed by atoms with Gasteiger partial charge in [0.2, 0.25) is 5.91 Å². The predicted octanol–water partition coefficient (Wildman–Crippen LogP) is 5.27. The smallest absolute Gasteiger partial charge is 0.341 e. The molecule has 1 unspecified atom stereocenters. The number of thioether (sulfide) groups is 1. The molecule has 1 atom stereocenters. The number of hydrogen-bond donors (Lipinski definition) is 1. The van der Waals surface area contributed by atoms with Gasteiger partial charge >= 0.3 is 5.97 Å². The van der Waals surface area contributed by atoms with Gasteiger partial charge in [0.25, 0.3) is 0 Å². The molecule has 0 aliphatic heterocycles. The lowest BCUT2D eigenvalue weighted by Gasteiger charge is -2.18. The van der Waals surface area contributed by atoms with Crippen molar-refractivity contribution in [2.45, 2.75) is 57.4 Å². The summed E-state index contributed by atoms with van der Waals surface area (Å²) in [6.07, 6.45) is 7.79. The number of thiophene rings is 2. The van der Waals surface area contributed by atoms with Gasteiger partial charge in [-0.2, -0.15) is 0 Å². The molecule has 5 rings (SSSR count). The lowest BCUT2D eigenvalue weighted by atomic mass is 9.89. The molecule has 0 saturated heterocycles. The number of esters is 1. The van der Waals surface area contributed by atoms with E-state index in [0.29, 0.717) is 23.1 Å². The summed E-state index contributed by atoms with van der Waals surface area (Å²) in [4.78, 5) is 38.0. The van der Waals surface area contributed by atoms with Crippen LogP contribution in [0.2, 0.25) is 0 Å². The third kappa shape index (κ3) is 4.06. The van der Waals surface area contributed by atoms with Gasteiger partial charge in [-0.05, 0) is 62.5 Å². The van der Waals surface area contributed by atoms with E-state index in [0.717, 1.165) is 52.9 Å². The van der Waals surface area contributed by atoms with Crippen LogP contribution < -0.4 is 5.32 Å². The van der Waals surface area contributed by atoms with Crippen LogP contribution in [0.4, 0.5) is 5.00 Å². The summed E-state index contributed by atoms with van der Waals surface area (Å²) in [5.41, 5.74) is 2.96. The Morgan fingerprint density at radius 1 is 1.19 bits per heavy atom. The predicted molar refractivity (Wildman–Crippen MR) is 130 cm³/mol. The van der Waals surface area contributed by atoms with Crippen LogP contribution in [-0.2, 0) is 35.2 Å². The van der Waals surface area contributed by atoms with Crippen LogP contribution in [0.25, 0.3) is 10.2 Å². The highest BCUT2D eigenvalue weighted by molar-refractivity contribution is 8.00. The van der Waals surface area contributed by atoms with Crippen LogP contribution in [-0.4, -0.2) is 34.2 Å². The number of ether oxygens (including phenoxy) is 1. The van der Waals surface area contributed by atoms with E-state index in [2.05, 4.69) is 22.2 Å². The lowest BCUT2D eigenvalue weighted by molar-refractivity contribution is -0.113. The van der Waals surface area contributed by atoms with E-state index in [1.165, 1.54) is 44.8 Å². The third-order valence-electron chi connectivity index (χ3n) is 6.05. The Balaban J connectivity index is 1.33. The van der Waals surface area contributed by atoms with Crippen LogP contribution in [0, 0.1) is 5.92 Å². The van der Waals surface area contributed by atoms with Gasteiger partial charge in [-0.25, -0.2) is 14.8 Å². The van der Waals surface area contributed by atoms with Crippen molar-refractivity contribution >= 4 is 61.5 Å². The second-order valence-electron chi connectivity index (χ2n) is 8.33. The molecule has 2 aliphatic rings. The average molecular weight is 488 g/mol. The van der Waals surface area contributed by atoms with Crippen molar-refractivity contribution < 1.29 is 14.3 Å². The Hall–Kier alpha value is -1.97. The first-order valence-electron chi connectivity index (χ1n) is 11.0. The quantitative estimate of drug-likeness (QED) is 0.290. The molecule has 6 nitrogen and oxygen atoms in total. The Kier molecular flexibility index (Phi) is 6.22. The molecule has 2 aliphatic carbocycles. The summed E-state index contributed by atoms with van der Waals surface area (Å²) < 4.78 is 5.26. The molecule has 1 amide bonds. The number of fused-ring (bicyclic) bond motifs is 4. The average Bonchev–Trinajstić information content (AvgIpc) is 3.44. The van der Waals surface area contributed by atoms with Crippen molar-refractivity contribution in [3.8, 4) is 0 Å². The van der Waals surface area contributed by atoms with E-state index in [1.54, 1.807) is 24.6 Å². The van der Waals surface area contributed by atoms with E-state index in [9.17, 15) is 9.59 Å². The molecule has 1 N–H and O–H groups in total. The number of nitrogens with zero attached hydrogens (tertiary/aromatic N) is 2. The highest BCUT2D eigenvalue weighted by Gasteiger charge is 2.28. The van der Waals surface area contributed by atoms with Gasteiger partial charge in [0.05, 0.1) is 17.9 Å². The second kappa shape index (κ2) is 9.11. The number of carbonyl (C=O) groups excluding carboxylic acids is 2. The van der Waals surface area contributed by atoms with Crippen molar-refractivity contribution in [3.05, 3.63) is 32.8 Å². The van der Waals surface area contributed by atoms with E-state index in [-0.39, 0.29) is 17.6 Å². The molecule has 0 spiro atoms. The summed E-state index contributed by atoms with van der Waals surface area (Å²) in [6.45, 7) is 4.41. The van der Waals surface area contributed by atoms with Gasteiger partial charge in [0.1, 0.15) is 21.2 Å². The van der Waals surface area contributed by atoms with Crippen molar-refractivity contribution in [1.82, 2.24) is 9.97 Å². The van der Waals surface area contributed by atoms with Crippen molar-refractivity contribution in [2.75, 3.05) is 17.7 Å². The molecule has 32 heavy (non-hydrogen) atoms.